The van der Waals surface area contributed by atoms with Crippen LogP contribution in [0.4, 0.5) is 4.79 Å². The number of ether oxygens (including phenoxy) is 1. The Labute approximate surface area is 187 Å². The van der Waals surface area contributed by atoms with Crippen LogP contribution in [0.15, 0.2) is 60.8 Å². The molecule has 0 saturated heterocycles. The third-order valence-corrected chi connectivity index (χ3v) is 5.14. The van der Waals surface area contributed by atoms with Crippen molar-refractivity contribution in [2.45, 2.75) is 25.9 Å². The largest absolute Gasteiger partial charge is 0.453 e. The zero-order valence-corrected chi connectivity index (χ0v) is 18.3. The number of carbonyl (C=O) groups excluding carboxylic acids is 2. The number of aliphatic hydroxyl groups is 1. The van der Waals surface area contributed by atoms with Gasteiger partial charge in [0.1, 0.15) is 17.9 Å². The van der Waals surface area contributed by atoms with Gasteiger partial charge in [-0.15, -0.1) is 0 Å². The summed E-state index contributed by atoms with van der Waals surface area (Å²) in [5.74, 6) is -0.193. The highest BCUT2D eigenvalue weighted by Crippen LogP contribution is 2.24. The van der Waals surface area contributed by atoms with Crippen LogP contribution in [0.25, 0.3) is 22.4 Å². The van der Waals surface area contributed by atoms with Crippen LogP contribution < -0.4 is 10.6 Å². The maximum atomic E-state index is 12.7. The Morgan fingerprint density at radius 2 is 1.62 bits per heavy atom. The molecule has 4 N–H and O–H groups in total. The Kier molecular flexibility index (Phi) is 7.62. The molecule has 0 aliphatic carbocycles. The van der Waals surface area contributed by atoms with Crippen molar-refractivity contribution in [1.82, 2.24) is 20.6 Å². The number of benzene rings is 2. The smallest absolute Gasteiger partial charge is 0.407 e. The van der Waals surface area contributed by atoms with E-state index in [1.807, 2.05) is 42.5 Å². The Hall–Kier alpha value is -3.65. The standard InChI is InChI=1S/C24H28N4O4/c1-15(2)21(28-24(31)32-3)23(30)27-20(14-29)22-25-13-19(26-22)18-11-9-17(10-12-18)16-7-5-4-6-8-16/h4-13,15,20-21,29H,14H2,1-3H3,(H,25,26)(H,27,30)(H,28,31). The van der Waals surface area contributed by atoms with Crippen molar-refractivity contribution in [3.8, 4) is 22.4 Å². The van der Waals surface area contributed by atoms with Crippen LogP contribution in [-0.4, -0.2) is 46.8 Å². The highest BCUT2D eigenvalue weighted by molar-refractivity contribution is 5.86. The molecule has 0 radical (unpaired) electrons. The minimum absolute atomic E-state index is 0.177. The maximum Gasteiger partial charge on any atom is 0.407 e. The normalized spacial score (nSPS) is 12.8. The fourth-order valence-corrected chi connectivity index (χ4v) is 3.32. The third-order valence-electron chi connectivity index (χ3n) is 5.14. The van der Waals surface area contributed by atoms with Gasteiger partial charge in [0.05, 0.1) is 25.6 Å². The number of imidazole rings is 1. The van der Waals surface area contributed by atoms with Crippen molar-refractivity contribution in [2.24, 2.45) is 5.92 Å². The van der Waals surface area contributed by atoms with E-state index in [0.29, 0.717) is 5.82 Å². The molecule has 168 valence electrons. The first kappa shape index (κ1) is 23.0. The lowest BCUT2D eigenvalue weighted by molar-refractivity contribution is -0.125. The molecular weight excluding hydrogens is 408 g/mol. The van der Waals surface area contributed by atoms with Gasteiger partial charge >= 0.3 is 6.09 Å². The Morgan fingerprint density at radius 3 is 2.22 bits per heavy atom. The van der Waals surface area contributed by atoms with Gasteiger partial charge < -0.3 is 25.5 Å². The second-order valence-corrected chi connectivity index (χ2v) is 7.73. The van der Waals surface area contributed by atoms with Gasteiger partial charge in [-0.2, -0.15) is 0 Å². The summed E-state index contributed by atoms with van der Waals surface area (Å²) in [6, 6.07) is 16.6. The number of alkyl carbamates (subject to hydrolysis) is 1. The van der Waals surface area contributed by atoms with Gasteiger partial charge in [-0.3, -0.25) is 4.79 Å². The number of methoxy groups -OCH3 is 1. The van der Waals surface area contributed by atoms with E-state index in [4.69, 9.17) is 0 Å². The number of carbonyl (C=O) groups is 2. The molecule has 8 heteroatoms. The maximum absolute atomic E-state index is 12.7. The molecule has 1 heterocycles. The lowest BCUT2D eigenvalue weighted by Crippen LogP contribution is -2.51. The summed E-state index contributed by atoms with van der Waals surface area (Å²) in [5.41, 5.74) is 3.93. The summed E-state index contributed by atoms with van der Waals surface area (Å²) in [5, 5.41) is 15.1. The van der Waals surface area contributed by atoms with Gasteiger partial charge in [0.2, 0.25) is 5.91 Å². The molecule has 0 aliphatic rings. The zero-order chi connectivity index (χ0) is 23.1. The number of nitrogens with zero attached hydrogens (tertiary/aromatic N) is 1. The molecule has 2 amide bonds. The second-order valence-electron chi connectivity index (χ2n) is 7.73. The Balaban J connectivity index is 1.72. The van der Waals surface area contributed by atoms with Crippen LogP contribution in [-0.2, 0) is 9.53 Å². The predicted molar refractivity (Wildman–Crippen MR) is 122 cm³/mol. The van der Waals surface area contributed by atoms with Gasteiger partial charge in [-0.25, -0.2) is 9.78 Å². The van der Waals surface area contributed by atoms with E-state index in [2.05, 4.69) is 37.5 Å². The molecule has 0 fully saturated rings. The summed E-state index contributed by atoms with van der Waals surface area (Å²) in [4.78, 5) is 31.7. The number of hydrogen-bond donors (Lipinski definition) is 4. The number of aromatic nitrogens is 2. The molecular formula is C24H28N4O4. The molecule has 2 unspecified atom stereocenters. The van der Waals surface area contributed by atoms with Crippen LogP contribution in [0.5, 0.6) is 0 Å². The Morgan fingerprint density at radius 1 is 1.00 bits per heavy atom. The summed E-state index contributed by atoms with van der Waals surface area (Å²) in [6.45, 7) is 3.26. The lowest BCUT2D eigenvalue weighted by atomic mass is 10.0. The predicted octanol–water partition coefficient (Wildman–Crippen LogP) is 3.27. The lowest BCUT2D eigenvalue weighted by Gasteiger charge is -2.23. The molecule has 0 saturated carbocycles. The topological polar surface area (TPSA) is 116 Å². The fourth-order valence-electron chi connectivity index (χ4n) is 3.32. The molecule has 0 spiro atoms. The fraction of sp³-hybridized carbons (Fsp3) is 0.292. The summed E-state index contributed by atoms with van der Waals surface area (Å²) < 4.78 is 4.59. The van der Waals surface area contributed by atoms with Crippen LogP contribution in [0.1, 0.15) is 25.7 Å². The number of aromatic amines is 1. The van der Waals surface area contributed by atoms with Crippen LogP contribution in [0.2, 0.25) is 0 Å². The van der Waals surface area contributed by atoms with Crippen molar-refractivity contribution in [1.29, 1.82) is 0 Å². The number of H-pyrrole nitrogens is 1. The molecule has 2 atom stereocenters. The van der Waals surface area contributed by atoms with E-state index in [9.17, 15) is 14.7 Å². The number of amides is 2. The quantitative estimate of drug-likeness (QED) is 0.432. The highest BCUT2D eigenvalue weighted by atomic mass is 16.5. The number of hydrogen-bond acceptors (Lipinski definition) is 5. The van der Waals surface area contributed by atoms with E-state index >= 15 is 0 Å². The zero-order valence-electron chi connectivity index (χ0n) is 18.3. The van der Waals surface area contributed by atoms with Gasteiger partial charge in [0.25, 0.3) is 0 Å². The van der Waals surface area contributed by atoms with E-state index in [0.717, 1.165) is 22.4 Å². The van der Waals surface area contributed by atoms with E-state index < -0.39 is 24.1 Å². The average molecular weight is 437 g/mol. The molecule has 2 aromatic carbocycles. The molecule has 8 nitrogen and oxygen atoms in total. The van der Waals surface area contributed by atoms with Crippen molar-refractivity contribution < 1.29 is 19.4 Å². The van der Waals surface area contributed by atoms with Gasteiger partial charge in [-0.1, -0.05) is 68.4 Å². The van der Waals surface area contributed by atoms with Gasteiger partial charge in [0, 0.05) is 0 Å². The monoisotopic (exact) mass is 436 g/mol. The highest BCUT2D eigenvalue weighted by Gasteiger charge is 2.27. The Bertz CT molecular complexity index is 1030. The van der Waals surface area contributed by atoms with Crippen LogP contribution >= 0.6 is 0 Å². The first-order chi connectivity index (χ1) is 15.4. The van der Waals surface area contributed by atoms with E-state index in [1.165, 1.54) is 7.11 Å². The molecule has 0 bridgehead atoms. The third kappa shape index (κ3) is 5.53. The van der Waals surface area contributed by atoms with E-state index in [-0.39, 0.29) is 12.5 Å². The van der Waals surface area contributed by atoms with Crippen molar-refractivity contribution in [2.75, 3.05) is 13.7 Å². The summed E-state index contributed by atoms with van der Waals surface area (Å²) >= 11 is 0. The van der Waals surface area contributed by atoms with Crippen molar-refractivity contribution in [3.05, 3.63) is 66.6 Å². The van der Waals surface area contributed by atoms with Crippen molar-refractivity contribution >= 4 is 12.0 Å². The molecule has 32 heavy (non-hydrogen) atoms. The average Bonchev–Trinajstić information content (AvgIpc) is 3.31. The number of rotatable bonds is 8. The first-order valence-electron chi connectivity index (χ1n) is 10.4. The minimum Gasteiger partial charge on any atom is -0.453 e. The molecule has 1 aromatic heterocycles. The summed E-state index contributed by atoms with van der Waals surface area (Å²) in [6.07, 6.45) is 0.965. The van der Waals surface area contributed by atoms with E-state index in [1.54, 1.807) is 20.0 Å². The molecule has 0 aliphatic heterocycles. The second kappa shape index (κ2) is 10.6. The first-order valence-corrected chi connectivity index (χ1v) is 10.4. The van der Waals surface area contributed by atoms with Crippen molar-refractivity contribution in [3.63, 3.8) is 0 Å². The van der Waals surface area contributed by atoms with Crippen LogP contribution in [0.3, 0.4) is 0 Å². The van der Waals surface area contributed by atoms with Gasteiger partial charge in [-0.05, 0) is 22.6 Å². The molecule has 3 rings (SSSR count). The number of nitrogens with one attached hydrogen (secondary N) is 3. The van der Waals surface area contributed by atoms with Gasteiger partial charge in [0.15, 0.2) is 0 Å². The summed E-state index contributed by atoms with van der Waals surface area (Å²) in [7, 11) is 1.23. The van der Waals surface area contributed by atoms with Crippen LogP contribution in [0, 0.1) is 5.92 Å². The molecule has 3 aromatic rings. The minimum atomic E-state index is -0.809. The SMILES string of the molecule is COC(=O)NC(C(=O)NC(CO)c1ncc(-c2ccc(-c3ccccc3)cc2)[nH]1)C(C)C. The number of aliphatic hydroxyl groups excluding tert-OH is 1.